The minimum Gasteiger partial charge on any atom is -0.409 e. The van der Waals surface area contributed by atoms with Gasteiger partial charge in [0.15, 0.2) is 5.84 Å². The maximum absolute atomic E-state index is 12.1. The van der Waals surface area contributed by atoms with Gasteiger partial charge in [-0.05, 0) is 23.8 Å². The van der Waals surface area contributed by atoms with E-state index in [2.05, 4.69) is 12.1 Å². The second-order valence-electron chi connectivity index (χ2n) is 5.61. The number of hydrogen-bond acceptors (Lipinski definition) is 3. The summed E-state index contributed by atoms with van der Waals surface area (Å²) in [5.74, 6) is 1.63. The van der Waals surface area contributed by atoms with E-state index >= 15 is 0 Å². The van der Waals surface area contributed by atoms with E-state index in [1.54, 1.807) is 12.1 Å². The minimum atomic E-state index is 0.0720. The van der Waals surface area contributed by atoms with E-state index in [4.69, 9.17) is 10.9 Å². The van der Waals surface area contributed by atoms with Crippen molar-refractivity contribution in [1.82, 2.24) is 4.90 Å². The fraction of sp³-hybridized carbons (Fsp3) is 0.467. The molecule has 0 bridgehead atoms. The number of rotatable bonds is 5. The van der Waals surface area contributed by atoms with Crippen LogP contribution in [0.1, 0.15) is 24.5 Å². The van der Waals surface area contributed by atoms with Crippen LogP contribution in [0.3, 0.4) is 0 Å². The van der Waals surface area contributed by atoms with Crippen molar-refractivity contribution in [3.63, 3.8) is 0 Å². The molecule has 2 rings (SSSR count). The van der Waals surface area contributed by atoms with Gasteiger partial charge < -0.3 is 15.8 Å². The Morgan fingerprint density at radius 2 is 2.05 bits per heavy atom. The lowest BCUT2D eigenvalue weighted by atomic mass is 10.1. The molecule has 0 saturated heterocycles. The lowest BCUT2D eigenvalue weighted by Crippen LogP contribution is -2.30. The zero-order valence-electron chi connectivity index (χ0n) is 11.9. The molecule has 1 fully saturated rings. The topological polar surface area (TPSA) is 78.9 Å². The van der Waals surface area contributed by atoms with Crippen LogP contribution in [0.4, 0.5) is 0 Å². The number of benzene rings is 1. The van der Waals surface area contributed by atoms with Gasteiger partial charge in [-0.1, -0.05) is 36.3 Å². The Morgan fingerprint density at radius 1 is 1.45 bits per heavy atom. The first-order chi connectivity index (χ1) is 9.51. The molecule has 1 aromatic carbocycles. The van der Waals surface area contributed by atoms with E-state index < -0.39 is 0 Å². The number of hydrogen-bond donors (Lipinski definition) is 2. The number of carbonyl (C=O) groups is 1. The maximum atomic E-state index is 12.1. The molecule has 0 radical (unpaired) electrons. The van der Waals surface area contributed by atoms with E-state index in [1.807, 2.05) is 24.1 Å². The number of amidine groups is 1. The smallest absolute Gasteiger partial charge is 0.226 e. The molecule has 1 amide bonds. The molecule has 20 heavy (non-hydrogen) atoms. The zero-order chi connectivity index (χ0) is 14.7. The van der Waals surface area contributed by atoms with Crippen LogP contribution >= 0.6 is 0 Å². The molecule has 5 heteroatoms. The summed E-state index contributed by atoms with van der Waals surface area (Å²) in [7, 11) is 1.86. The second-order valence-corrected chi connectivity index (χ2v) is 5.61. The molecular formula is C15H21N3O2. The summed E-state index contributed by atoms with van der Waals surface area (Å²) in [6.07, 6.45) is 1.61. The monoisotopic (exact) mass is 275 g/mol. The van der Waals surface area contributed by atoms with Crippen molar-refractivity contribution in [1.29, 1.82) is 0 Å². The van der Waals surface area contributed by atoms with Gasteiger partial charge in [-0.25, -0.2) is 0 Å². The average Bonchev–Trinajstić information content (AvgIpc) is 3.14. The molecule has 5 nitrogen and oxygen atoms in total. The number of nitrogens with zero attached hydrogens (tertiary/aromatic N) is 2. The Balaban J connectivity index is 1.90. The van der Waals surface area contributed by atoms with Gasteiger partial charge in [0.25, 0.3) is 0 Å². The van der Waals surface area contributed by atoms with E-state index in [0.29, 0.717) is 17.9 Å². The molecule has 0 aliphatic heterocycles. The van der Waals surface area contributed by atoms with Gasteiger partial charge in [0.2, 0.25) is 5.91 Å². The highest BCUT2D eigenvalue weighted by Crippen LogP contribution is 2.37. The highest BCUT2D eigenvalue weighted by Gasteiger charge is 2.34. The van der Waals surface area contributed by atoms with Gasteiger partial charge in [0.05, 0.1) is 6.42 Å². The highest BCUT2D eigenvalue weighted by atomic mass is 16.4. The second kappa shape index (κ2) is 5.94. The molecule has 108 valence electrons. The van der Waals surface area contributed by atoms with Gasteiger partial charge in [-0.3, -0.25) is 4.79 Å². The summed E-state index contributed by atoms with van der Waals surface area (Å²) >= 11 is 0. The van der Waals surface area contributed by atoms with Crippen LogP contribution in [0.25, 0.3) is 0 Å². The van der Waals surface area contributed by atoms with Crippen LogP contribution in [0.15, 0.2) is 29.4 Å². The lowest BCUT2D eigenvalue weighted by molar-refractivity contribution is -0.129. The van der Waals surface area contributed by atoms with Gasteiger partial charge in [0, 0.05) is 19.2 Å². The Bertz CT molecular complexity index is 510. The summed E-state index contributed by atoms with van der Waals surface area (Å²) in [5.41, 5.74) is 7.07. The standard InChI is InChI=1S/C15H21N3O2/c1-10-7-13(10)9-18(2)14(19)8-11-3-5-12(6-4-11)15(16)17-20/h3-6,10,13,20H,7-9H2,1-2H3,(H2,16,17). The van der Waals surface area contributed by atoms with Crippen molar-refractivity contribution in [3.8, 4) is 0 Å². The Morgan fingerprint density at radius 3 is 2.55 bits per heavy atom. The first kappa shape index (κ1) is 14.4. The highest BCUT2D eigenvalue weighted by molar-refractivity contribution is 5.97. The largest absolute Gasteiger partial charge is 0.409 e. The summed E-state index contributed by atoms with van der Waals surface area (Å²) in [4.78, 5) is 13.9. The van der Waals surface area contributed by atoms with Crippen molar-refractivity contribution in [2.75, 3.05) is 13.6 Å². The van der Waals surface area contributed by atoms with Crippen LogP contribution in [0.5, 0.6) is 0 Å². The summed E-state index contributed by atoms with van der Waals surface area (Å²) in [6, 6.07) is 7.17. The molecule has 3 N–H and O–H groups in total. The van der Waals surface area contributed by atoms with Gasteiger partial charge in [0.1, 0.15) is 0 Å². The van der Waals surface area contributed by atoms with Crippen molar-refractivity contribution >= 4 is 11.7 Å². The van der Waals surface area contributed by atoms with Crippen molar-refractivity contribution in [2.24, 2.45) is 22.7 Å². The molecule has 1 aliphatic rings. The fourth-order valence-corrected chi connectivity index (χ4v) is 2.27. The van der Waals surface area contributed by atoms with Gasteiger partial charge in [-0.15, -0.1) is 0 Å². The Labute approximate surface area is 119 Å². The third-order valence-corrected chi connectivity index (χ3v) is 3.92. The van der Waals surface area contributed by atoms with Crippen LogP contribution in [-0.4, -0.2) is 35.4 Å². The summed E-state index contributed by atoms with van der Waals surface area (Å²) in [5, 5.41) is 11.5. The number of nitrogens with two attached hydrogens (primary N) is 1. The molecule has 2 atom stereocenters. The molecule has 1 saturated carbocycles. The predicted molar refractivity (Wildman–Crippen MR) is 77.6 cm³/mol. The van der Waals surface area contributed by atoms with E-state index in [-0.39, 0.29) is 11.7 Å². The van der Waals surface area contributed by atoms with E-state index in [0.717, 1.165) is 18.0 Å². The van der Waals surface area contributed by atoms with Crippen molar-refractivity contribution < 1.29 is 10.0 Å². The first-order valence-corrected chi connectivity index (χ1v) is 6.82. The minimum absolute atomic E-state index is 0.0720. The number of carbonyl (C=O) groups excluding carboxylic acids is 1. The predicted octanol–water partition coefficient (Wildman–Crippen LogP) is 1.44. The van der Waals surface area contributed by atoms with Crippen LogP contribution in [-0.2, 0) is 11.2 Å². The third kappa shape index (κ3) is 3.50. The molecule has 2 unspecified atom stereocenters. The zero-order valence-corrected chi connectivity index (χ0v) is 11.9. The summed E-state index contributed by atoms with van der Waals surface area (Å²) in [6.45, 7) is 3.07. The van der Waals surface area contributed by atoms with Crippen LogP contribution in [0.2, 0.25) is 0 Å². The quantitative estimate of drug-likeness (QED) is 0.369. The first-order valence-electron chi connectivity index (χ1n) is 6.82. The molecular weight excluding hydrogens is 254 g/mol. The lowest BCUT2D eigenvalue weighted by Gasteiger charge is -2.17. The molecule has 1 aliphatic carbocycles. The van der Waals surface area contributed by atoms with Crippen LogP contribution < -0.4 is 5.73 Å². The molecule has 0 aromatic heterocycles. The average molecular weight is 275 g/mol. The number of likely N-dealkylation sites (N-methyl/N-ethyl adjacent to an activating group) is 1. The normalized spacial score (nSPS) is 21.6. The van der Waals surface area contributed by atoms with Crippen molar-refractivity contribution in [2.45, 2.75) is 19.8 Å². The summed E-state index contributed by atoms with van der Waals surface area (Å²) < 4.78 is 0. The SMILES string of the molecule is CC1CC1CN(C)C(=O)Cc1ccc(C(N)=NO)cc1. The Hall–Kier alpha value is -2.04. The molecule has 0 heterocycles. The number of amides is 1. The van der Waals surface area contributed by atoms with Crippen molar-refractivity contribution in [3.05, 3.63) is 35.4 Å². The van der Waals surface area contributed by atoms with Crippen LogP contribution in [0, 0.1) is 11.8 Å². The number of oxime groups is 1. The third-order valence-electron chi connectivity index (χ3n) is 3.92. The maximum Gasteiger partial charge on any atom is 0.226 e. The molecule has 1 aromatic rings. The van der Waals surface area contributed by atoms with E-state index in [1.165, 1.54) is 6.42 Å². The molecule has 0 spiro atoms. The Kier molecular flexibility index (Phi) is 4.27. The van der Waals surface area contributed by atoms with Gasteiger partial charge in [-0.2, -0.15) is 0 Å². The van der Waals surface area contributed by atoms with Gasteiger partial charge >= 0.3 is 0 Å². The van der Waals surface area contributed by atoms with E-state index in [9.17, 15) is 4.79 Å². The fourth-order valence-electron chi connectivity index (χ4n) is 2.27.